The summed E-state index contributed by atoms with van der Waals surface area (Å²) in [7, 11) is 0. The van der Waals surface area contributed by atoms with Gasteiger partial charge in [-0.05, 0) is 37.1 Å². The van der Waals surface area contributed by atoms with Crippen LogP contribution in [0.3, 0.4) is 0 Å². The lowest BCUT2D eigenvalue weighted by Gasteiger charge is -2.28. The van der Waals surface area contributed by atoms with Crippen molar-refractivity contribution in [3.63, 3.8) is 0 Å². The van der Waals surface area contributed by atoms with E-state index in [9.17, 15) is 4.79 Å². The molecule has 0 saturated heterocycles. The minimum Gasteiger partial charge on any atom is -0.339 e. The maximum Gasteiger partial charge on any atom is 0.219 e. The first kappa shape index (κ1) is 18.1. The zero-order chi connectivity index (χ0) is 16.7. The fraction of sp³-hybridized carbons (Fsp3) is 0.316. The normalized spacial score (nSPS) is 12.0. The fourth-order valence-corrected chi connectivity index (χ4v) is 3.90. The molecule has 4 heteroatoms. The third-order valence-electron chi connectivity index (χ3n) is 3.75. The van der Waals surface area contributed by atoms with E-state index in [1.807, 2.05) is 41.3 Å². The van der Waals surface area contributed by atoms with Crippen LogP contribution in [-0.2, 0) is 11.2 Å². The van der Waals surface area contributed by atoms with Crippen molar-refractivity contribution in [2.45, 2.75) is 31.2 Å². The Balaban J connectivity index is 1.92. The molecule has 1 amide bonds. The van der Waals surface area contributed by atoms with Gasteiger partial charge in [-0.25, -0.2) is 0 Å². The standard InChI is InChI=1S/C19H22BrNOS/c1-15(14-23-18-9-4-3-5-10-18)21(16(2)22)13-12-17-8-6-7-11-19(17)20/h3-11,15H,12-14H2,1-2H3. The third-order valence-corrected chi connectivity index (χ3v) is 5.78. The Morgan fingerprint density at radius 2 is 1.78 bits per heavy atom. The summed E-state index contributed by atoms with van der Waals surface area (Å²) in [5.74, 6) is 1.04. The highest BCUT2D eigenvalue weighted by atomic mass is 79.9. The molecular formula is C19H22BrNOS. The second-order valence-corrected chi connectivity index (χ2v) is 7.47. The molecule has 1 atom stereocenters. The van der Waals surface area contributed by atoms with Gasteiger partial charge in [0.15, 0.2) is 0 Å². The van der Waals surface area contributed by atoms with E-state index in [0.29, 0.717) is 0 Å². The topological polar surface area (TPSA) is 20.3 Å². The Hall–Kier alpha value is -1.26. The number of benzene rings is 2. The predicted molar refractivity (Wildman–Crippen MR) is 102 cm³/mol. The van der Waals surface area contributed by atoms with Crippen LogP contribution < -0.4 is 0 Å². The smallest absolute Gasteiger partial charge is 0.219 e. The molecule has 0 aliphatic rings. The van der Waals surface area contributed by atoms with Gasteiger partial charge in [0.25, 0.3) is 0 Å². The van der Waals surface area contributed by atoms with Crippen LogP contribution in [0.4, 0.5) is 0 Å². The zero-order valence-corrected chi connectivity index (χ0v) is 15.9. The van der Waals surface area contributed by atoms with E-state index in [2.05, 4.69) is 41.1 Å². The summed E-state index contributed by atoms with van der Waals surface area (Å²) in [6.45, 7) is 4.52. The molecule has 2 aromatic carbocycles. The van der Waals surface area contributed by atoms with E-state index in [4.69, 9.17) is 0 Å². The van der Waals surface area contributed by atoms with Crippen molar-refractivity contribution in [1.29, 1.82) is 0 Å². The molecule has 1 unspecified atom stereocenters. The monoisotopic (exact) mass is 391 g/mol. The largest absolute Gasteiger partial charge is 0.339 e. The number of rotatable bonds is 7. The number of halogens is 1. The maximum absolute atomic E-state index is 12.0. The SMILES string of the molecule is CC(=O)N(CCc1ccccc1Br)C(C)CSc1ccccc1. The highest BCUT2D eigenvalue weighted by molar-refractivity contribution is 9.10. The highest BCUT2D eigenvalue weighted by Gasteiger charge is 2.17. The maximum atomic E-state index is 12.0. The van der Waals surface area contributed by atoms with Crippen LogP contribution in [0.5, 0.6) is 0 Å². The molecule has 0 aliphatic heterocycles. The lowest BCUT2D eigenvalue weighted by Crippen LogP contribution is -2.40. The molecule has 0 fully saturated rings. The molecule has 0 aromatic heterocycles. The van der Waals surface area contributed by atoms with Crippen LogP contribution >= 0.6 is 27.7 Å². The first-order valence-corrected chi connectivity index (χ1v) is 9.54. The molecule has 2 aromatic rings. The van der Waals surface area contributed by atoms with Crippen LogP contribution in [0.2, 0.25) is 0 Å². The lowest BCUT2D eigenvalue weighted by atomic mass is 10.1. The van der Waals surface area contributed by atoms with Crippen molar-refractivity contribution in [2.24, 2.45) is 0 Å². The first-order valence-electron chi connectivity index (χ1n) is 7.76. The van der Waals surface area contributed by atoms with Crippen molar-refractivity contribution in [1.82, 2.24) is 4.90 Å². The second kappa shape index (κ2) is 9.14. The molecule has 23 heavy (non-hydrogen) atoms. The number of hydrogen-bond donors (Lipinski definition) is 0. The number of thioether (sulfide) groups is 1. The second-order valence-electron chi connectivity index (χ2n) is 5.53. The average molecular weight is 392 g/mol. The molecule has 0 bridgehead atoms. The molecule has 2 nitrogen and oxygen atoms in total. The van der Waals surface area contributed by atoms with Crippen molar-refractivity contribution in [2.75, 3.05) is 12.3 Å². The molecule has 122 valence electrons. The Morgan fingerprint density at radius 1 is 1.13 bits per heavy atom. The molecule has 0 heterocycles. The van der Waals surface area contributed by atoms with Gasteiger partial charge in [-0.3, -0.25) is 4.79 Å². The van der Waals surface area contributed by atoms with Crippen LogP contribution in [0.15, 0.2) is 64.0 Å². The summed E-state index contributed by atoms with van der Waals surface area (Å²) in [5, 5.41) is 0. The van der Waals surface area contributed by atoms with Crippen LogP contribution in [0.25, 0.3) is 0 Å². The molecule has 0 radical (unpaired) electrons. The highest BCUT2D eigenvalue weighted by Crippen LogP contribution is 2.21. The van der Waals surface area contributed by atoms with Crippen LogP contribution in [-0.4, -0.2) is 29.1 Å². The minimum absolute atomic E-state index is 0.137. The molecule has 0 N–H and O–H groups in total. The van der Waals surface area contributed by atoms with Crippen molar-refractivity contribution in [3.05, 3.63) is 64.6 Å². The summed E-state index contributed by atoms with van der Waals surface area (Å²) in [4.78, 5) is 15.2. The summed E-state index contributed by atoms with van der Waals surface area (Å²) in [5.41, 5.74) is 1.24. The van der Waals surface area contributed by atoms with Gasteiger partial charge < -0.3 is 4.90 Å². The quantitative estimate of drug-likeness (QED) is 0.617. The van der Waals surface area contributed by atoms with Crippen molar-refractivity contribution in [3.8, 4) is 0 Å². The van der Waals surface area contributed by atoms with Gasteiger partial charge in [0, 0.05) is 34.6 Å². The Kier molecular flexibility index (Phi) is 7.18. The lowest BCUT2D eigenvalue weighted by molar-refractivity contribution is -0.130. The predicted octanol–water partition coefficient (Wildman–Crippen LogP) is 5.02. The van der Waals surface area contributed by atoms with E-state index >= 15 is 0 Å². The van der Waals surface area contributed by atoms with Gasteiger partial charge in [-0.15, -0.1) is 11.8 Å². The van der Waals surface area contributed by atoms with E-state index < -0.39 is 0 Å². The van der Waals surface area contributed by atoms with Gasteiger partial charge in [0.1, 0.15) is 0 Å². The summed E-state index contributed by atoms with van der Waals surface area (Å²) < 4.78 is 1.11. The first-order chi connectivity index (χ1) is 11.1. The van der Waals surface area contributed by atoms with E-state index in [-0.39, 0.29) is 11.9 Å². The van der Waals surface area contributed by atoms with Gasteiger partial charge in [-0.1, -0.05) is 52.3 Å². The van der Waals surface area contributed by atoms with E-state index in [0.717, 1.165) is 23.2 Å². The van der Waals surface area contributed by atoms with Gasteiger partial charge >= 0.3 is 0 Å². The summed E-state index contributed by atoms with van der Waals surface area (Å²) in [6.07, 6.45) is 0.862. The van der Waals surface area contributed by atoms with Crippen molar-refractivity contribution < 1.29 is 4.79 Å². The van der Waals surface area contributed by atoms with E-state index in [1.54, 1.807) is 18.7 Å². The number of carbonyl (C=O) groups is 1. The number of hydrogen-bond acceptors (Lipinski definition) is 2. The number of carbonyl (C=O) groups excluding carboxylic acids is 1. The van der Waals surface area contributed by atoms with E-state index in [1.165, 1.54) is 10.5 Å². The fourth-order valence-electron chi connectivity index (χ4n) is 2.45. The third kappa shape index (κ3) is 5.70. The molecule has 0 saturated carbocycles. The molecule has 0 aliphatic carbocycles. The van der Waals surface area contributed by atoms with Crippen LogP contribution in [0.1, 0.15) is 19.4 Å². The summed E-state index contributed by atoms with van der Waals surface area (Å²) in [6, 6.07) is 18.7. The molecular weight excluding hydrogens is 370 g/mol. The van der Waals surface area contributed by atoms with Crippen LogP contribution in [0, 0.1) is 0 Å². The average Bonchev–Trinajstić information content (AvgIpc) is 2.55. The number of nitrogens with zero attached hydrogens (tertiary/aromatic N) is 1. The van der Waals surface area contributed by atoms with Crippen molar-refractivity contribution >= 4 is 33.6 Å². The van der Waals surface area contributed by atoms with Gasteiger partial charge in [0.05, 0.1) is 0 Å². The zero-order valence-electron chi connectivity index (χ0n) is 13.5. The molecule has 2 rings (SSSR count). The van der Waals surface area contributed by atoms with Gasteiger partial charge in [-0.2, -0.15) is 0 Å². The number of amides is 1. The Bertz CT molecular complexity index is 632. The Morgan fingerprint density at radius 3 is 2.43 bits per heavy atom. The summed E-state index contributed by atoms with van der Waals surface area (Å²) >= 11 is 5.37. The Labute approximate surface area is 151 Å². The minimum atomic E-state index is 0.137. The van der Waals surface area contributed by atoms with Gasteiger partial charge in [0.2, 0.25) is 5.91 Å². The molecule has 0 spiro atoms.